The number of pyridine rings is 2. The number of rotatable bonds is 0. The van der Waals surface area contributed by atoms with Crippen molar-refractivity contribution in [1.82, 2.24) is 14.4 Å². The van der Waals surface area contributed by atoms with Crippen molar-refractivity contribution >= 4 is 50.1 Å². The van der Waals surface area contributed by atoms with Crippen LogP contribution in [0.3, 0.4) is 0 Å². The molecule has 3 aromatic heterocycles. The van der Waals surface area contributed by atoms with E-state index in [-0.39, 0.29) is 0 Å². The third-order valence-electron chi connectivity index (χ3n) is 4.31. The molecule has 23 heavy (non-hydrogen) atoms. The largest absolute Gasteiger partial charge is 0.292 e. The Morgan fingerprint density at radius 3 is 2.61 bits per heavy atom. The number of halogens is 1. The van der Waals surface area contributed by atoms with Crippen molar-refractivity contribution in [2.45, 2.75) is 6.92 Å². The maximum Gasteiger partial charge on any atom is 0.147 e. The summed E-state index contributed by atoms with van der Waals surface area (Å²) in [4.78, 5) is 9.58. The number of imidazole rings is 1. The quantitative estimate of drug-likeness (QED) is 0.370. The molecule has 110 valence electrons. The number of para-hydroxylation sites is 2. The van der Waals surface area contributed by atoms with Crippen molar-refractivity contribution in [2.75, 3.05) is 0 Å². The lowest BCUT2D eigenvalue weighted by atomic mass is 10.1. The minimum atomic E-state index is 0.713. The molecule has 0 fully saturated rings. The average Bonchev–Trinajstić information content (AvgIpc) is 2.94. The molecule has 2 aromatic carbocycles. The van der Waals surface area contributed by atoms with Gasteiger partial charge in [0.25, 0.3) is 0 Å². The van der Waals surface area contributed by atoms with Gasteiger partial charge in [-0.15, -0.1) is 0 Å². The molecule has 0 aliphatic heterocycles. The van der Waals surface area contributed by atoms with E-state index in [1.807, 2.05) is 43.3 Å². The summed E-state index contributed by atoms with van der Waals surface area (Å²) in [5.41, 5.74) is 5.89. The van der Waals surface area contributed by atoms with Crippen LogP contribution < -0.4 is 0 Å². The number of aromatic nitrogens is 3. The molecule has 0 bridgehead atoms. The number of aryl methyl sites for hydroxylation is 1. The van der Waals surface area contributed by atoms with Crippen molar-refractivity contribution in [3.05, 3.63) is 65.3 Å². The molecule has 0 radical (unpaired) electrons. The highest BCUT2D eigenvalue weighted by Crippen LogP contribution is 2.34. The van der Waals surface area contributed by atoms with Crippen LogP contribution in [0.1, 0.15) is 5.69 Å². The molecule has 3 heterocycles. The molecule has 5 rings (SSSR count). The van der Waals surface area contributed by atoms with Crippen LogP contribution in [0.25, 0.3) is 38.5 Å². The normalized spacial score (nSPS) is 11.9. The Kier molecular flexibility index (Phi) is 2.48. The number of nitrogens with zero attached hydrogens (tertiary/aromatic N) is 3. The third-order valence-corrected chi connectivity index (χ3v) is 4.62. The second-order valence-electron chi connectivity index (χ2n) is 5.74. The molecular formula is C19H12ClN3. The van der Waals surface area contributed by atoms with Crippen LogP contribution in [0.5, 0.6) is 0 Å². The monoisotopic (exact) mass is 317 g/mol. The van der Waals surface area contributed by atoms with Crippen LogP contribution in [0.4, 0.5) is 0 Å². The fourth-order valence-electron chi connectivity index (χ4n) is 3.31. The van der Waals surface area contributed by atoms with Crippen LogP contribution >= 0.6 is 11.6 Å². The van der Waals surface area contributed by atoms with Gasteiger partial charge in [-0.25, -0.2) is 4.98 Å². The fourth-order valence-corrected chi connectivity index (χ4v) is 3.57. The van der Waals surface area contributed by atoms with Gasteiger partial charge in [0.05, 0.1) is 27.1 Å². The first-order valence-corrected chi connectivity index (χ1v) is 7.86. The van der Waals surface area contributed by atoms with E-state index in [0.717, 1.165) is 44.2 Å². The second kappa shape index (κ2) is 4.43. The summed E-state index contributed by atoms with van der Waals surface area (Å²) in [5, 5.41) is 2.71. The first-order valence-electron chi connectivity index (χ1n) is 7.49. The predicted octanol–water partition coefficient (Wildman–Crippen LogP) is 5.15. The molecule has 5 aromatic rings. The topological polar surface area (TPSA) is 30.2 Å². The lowest BCUT2D eigenvalue weighted by Gasteiger charge is -2.10. The molecule has 0 spiro atoms. The smallest absolute Gasteiger partial charge is 0.147 e. The Labute approximate surface area is 137 Å². The highest BCUT2D eigenvalue weighted by atomic mass is 35.5. The van der Waals surface area contributed by atoms with E-state index in [1.165, 1.54) is 0 Å². The summed E-state index contributed by atoms with van der Waals surface area (Å²) in [5.74, 6) is 0. The Bertz CT molecular complexity index is 1240. The van der Waals surface area contributed by atoms with Gasteiger partial charge < -0.3 is 0 Å². The van der Waals surface area contributed by atoms with Gasteiger partial charge >= 0.3 is 0 Å². The average molecular weight is 318 g/mol. The first-order chi connectivity index (χ1) is 11.2. The number of hydrogen-bond donors (Lipinski definition) is 0. The van der Waals surface area contributed by atoms with Gasteiger partial charge in [-0.05, 0) is 43.3 Å². The Hall–Kier alpha value is -2.65. The highest BCUT2D eigenvalue weighted by molar-refractivity contribution is 6.38. The lowest BCUT2D eigenvalue weighted by molar-refractivity contribution is 1.25. The van der Waals surface area contributed by atoms with E-state index in [9.17, 15) is 0 Å². The van der Waals surface area contributed by atoms with E-state index in [2.05, 4.69) is 22.6 Å². The lowest BCUT2D eigenvalue weighted by Crippen LogP contribution is -1.94. The highest BCUT2D eigenvalue weighted by Gasteiger charge is 2.15. The van der Waals surface area contributed by atoms with Crippen LogP contribution in [-0.2, 0) is 0 Å². The van der Waals surface area contributed by atoms with Crippen molar-refractivity contribution in [2.24, 2.45) is 0 Å². The summed E-state index contributed by atoms with van der Waals surface area (Å²) >= 11 is 6.53. The van der Waals surface area contributed by atoms with Crippen LogP contribution in [-0.4, -0.2) is 14.4 Å². The molecule has 0 saturated carbocycles. The zero-order valence-electron chi connectivity index (χ0n) is 12.4. The number of benzene rings is 2. The molecule has 0 atom stereocenters. The van der Waals surface area contributed by atoms with Crippen molar-refractivity contribution < 1.29 is 0 Å². The Morgan fingerprint density at radius 2 is 1.70 bits per heavy atom. The summed E-state index contributed by atoms with van der Waals surface area (Å²) in [7, 11) is 0. The van der Waals surface area contributed by atoms with E-state index in [4.69, 9.17) is 21.6 Å². The number of fused-ring (bicyclic) bond motifs is 8. The molecule has 0 unspecified atom stereocenters. The Balaban J connectivity index is 2.24. The van der Waals surface area contributed by atoms with Gasteiger partial charge in [-0.1, -0.05) is 29.8 Å². The molecule has 4 heteroatoms. The van der Waals surface area contributed by atoms with Crippen molar-refractivity contribution in [3.8, 4) is 0 Å². The summed E-state index contributed by atoms with van der Waals surface area (Å²) < 4.78 is 2.18. The Morgan fingerprint density at radius 1 is 0.870 bits per heavy atom. The maximum atomic E-state index is 6.53. The summed E-state index contributed by atoms with van der Waals surface area (Å²) in [6.07, 6.45) is 0. The van der Waals surface area contributed by atoms with Gasteiger partial charge in [-0.3, -0.25) is 9.38 Å². The van der Waals surface area contributed by atoms with Gasteiger partial charge in [0.1, 0.15) is 5.65 Å². The summed E-state index contributed by atoms with van der Waals surface area (Å²) in [6, 6.07) is 18.2. The van der Waals surface area contributed by atoms with E-state index in [1.54, 1.807) is 0 Å². The minimum Gasteiger partial charge on any atom is -0.292 e. The zero-order chi connectivity index (χ0) is 15.6. The van der Waals surface area contributed by atoms with Crippen molar-refractivity contribution in [3.63, 3.8) is 0 Å². The SMILES string of the molecule is Cc1ccc2c(n1)c1c(Cl)cccc1n1c3ccccc3nc21. The van der Waals surface area contributed by atoms with E-state index < -0.39 is 0 Å². The third kappa shape index (κ3) is 1.65. The molecule has 0 saturated heterocycles. The van der Waals surface area contributed by atoms with Gasteiger partial charge in [0.15, 0.2) is 0 Å². The predicted molar refractivity (Wildman–Crippen MR) is 95.3 cm³/mol. The molecule has 0 aliphatic carbocycles. The van der Waals surface area contributed by atoms with Gasteiger partial charge in [0, 0.05) is 16.5 Å². The van der Waals surface area contributed by atoms with E-state index >= 15 is 0 Å². The number of hydrogen-bond acceptors (Lipinski definition) is 2. The molecular weight excluding hydrogens is 306 g/mol. The van der Waals surface area contributed by atoms with Gasteiger partial charge in [-0.2, -0.15) is 0 Å². The summed E-state index contributed by atoms with van der Waals surface area (Å²) in [6.45, 7) is 1.99. The second-order valence-corrected chi connectivity index (χ2v) is 6.15. The van der Waals surface area contributed by atoms with Crippen LogP contribution in [0.15, 0.2) is 54.6 Å². The van der Waals surface area contributed by atoms with Gasteiger partial charge in [0.2, 0.25) is 0 Å². The fraction of sp³-hybridized carbons (Fsp3) is 0.0526. The molecule has 0 N–H and O–H groups in total. The maximum absolute atomic E-state index is 6.53. The molecule has 0 aliphatic rings. The van der Waals surface area contributed by atoms with E-state index in [0.29, 0.717) is 5.02 Å². The van der Waals surface area contributed by atoms with Crippen LogP contribution in [0.2, 0.25) is 5.02 Å². The molecule has 0 amide bonds. The van der Waals surface area contributed by atoms with Crippen LogP contribution in [0, 0.1) is 6.92 Å². The standard InChI is InChI=1S/C19H12ClN3/c1-11-9-10-12-18(21-11)17-13(20)5-4-8-16(17)23-15-7-3-2-6-14(15)22-19(12)23/h2-10H,1H3. The van der Waals surface area contributed by atoms with Crippen molar-refractivity contribution in [1.29, 1.82) is 0 Å². The minimum absolute atomic E-state index is 0.713. The zero-order valence-corrected chi connectivity index (χ0v) is 13.2. The molecule has 3 nitrogen and oxygen atoms in total. The first kappa shape index (κ1) is 12.9.